The second-order valence-corrected chi connectivity index (χ2v) is 5.64. The third-order valence-corrected chi connectivity index (χ3v) is 3.79. The minimum atomic E-state index is -0.446. The summed E-state index contributed by atoms with van der Waals surface area (Å²) in [5.74, 6) is -0.446. The number of rotatable bonds is 4. The van der Waals surface area contributed by atoms with E-state index < -0.39 is 5.97 Å². The molecule has 0 fully saturated rings. The largest absolute Gasteiger partial charge is 0.462 e. The number of carbonyl (C=O) groups is 1. The van der Waals surface area contributed by atoms with Crippen molar-refractivity contribution in [2.45, 2.75) is 17.0 Å². The second kappa shape index (κ2) is 6.71. The highest BCUT2D eigenvalue weighted by molar-refractivity contribution is 9.10. The van der Waals surface area contributed by atoms with Gasteiger partial charge in [0.15, 0.2) is 0 Å². The number of aromatic nitrogens is 2. The summed E-state index contributed by atoms with van der Waals surface area (Å²) in [5, 5.41) is 1.28. The number of nitrogen functional groups attached to an aromatic ring is 1. The van der Waals surface area contributed by atoms with Gasteiger partial charge in [-0.3, -0.25) is 0 Å². The molecule has 0 aliphatic carbocycles. The predicted molar refractivity (Wildman–Crippen MR) is 80.7 cm³/mol. The van der Waals surface area contributed by atoms with Crippen molar-refractivity contribution in [2.75, 3.05) is 12.3 Å². The number of hydrogen-bond donors (Lipinski definition) is 1. The Morgan fingerprint density at radius 3 is 2.85 bits per heavy atom. The van der Waals surface area contributed by atoms with Gasteiger partial charge in [0, 0.05) is 16.9 Å². The molecule has 0 atom stereocenters. The predicted octanol–water partition coefficient (Wildman–Crippen LogP) is 3.15. The van der Waals surface area contributed by atoms with Gasteiger partial charge in [-0.25, -0.2) is 14.8 Å². The molecule has 0 bridgehead atoms. The van der Waals surface area contributed by atoms with Crippen LogP contribution in [0.4, 0.5) is 5.69 Å². The normalized spacial score (nSPS) is 10.3. The third kappa shape index (κ3) is 3.49. The summed E-state index contributed by atoms with van der Waals surface area (Å²) in [6, 6.07) is 5.26. The summed E-state index contributed by atoms with van der Waals surface area (Å²) in [7, 11) is 0. The average molecular weight is 354 g/mol. The zero-order chi connectivity index (χ0) is 14.5. The van der Waals surface area contributed by atoms with Crippen LogP contribution in [-0.2, 0) is 4.74 Å². The Morgan fingerprint density at radius 2 is 2.20 bits per heavy atom. The molecule has 0 aliphatic heterocycles. The average Bonchev–Trinajstić information content (AvgIpc) is 2.44. The van der Waals surface area contributed by atoms with Crippen molar-refractivity contribution < 1.29 is 9.53 Å². The van der Waals surface area contributed by atoms with Gasteiger partial charge in [0.2, 0.25) is 0 Å². The maximum absolute atomic E-state index is 11.8. The molecule has 0 saturated carbocycles. The lowest BCUT2D eigenvalue weighted by atomic mass is 10.2. The fourth-order valence-corrected chi connectivity index (χ4v) is 2.45. The van der Waals surface area contributed by atoms with E-state index in [9.17, 15) is 4.79 Å². The van der Waals surface area contributed by atoms with E-state index in [0.29, 0.717) is 22.9 Å². The number of pyridine rings is 2. The first kappa shape index (κ1) is 14.8. The Kier molecular flexibility index (Phi) is 4.97. The van der Waals surface area contributed by atoms with Gasteiger partial charge < -0.3 is 10.5 Å². The number of carbonyl (C=O) groups excluding carboxylic acids is 1. The first-order valence-electron chi connectivity index (χ1n) is 5.82. The van der Waals surface area contributed by atoms with Crippen LogP contribution in [0.25, 0.3) is 0 Å². The van der Waals surface area contributed by atoms with E-state index in [-0.39, 0.29) is 0 Å². The Bertz CT molecular complexity index is 620. The summed E-state index contributed by atoms with van der Waals surface area (Å²) in [6.07, 6.45) is 3.22. The van der Waals surface area contributed by atoms with Crippen molar-refractivity contribution in [3.63, 3.8) is 0 Å². The van der Waals surface area contributed by atoms with Crippen LogP contribution in [-0.4, -0.2) is 22.5 Å². The van der Waals surface area contributed by atoms with E-state index in [1.165, 1.54) is 18.0 Å². The number of anilines is 1. The van der Waals surface area contributed by atoms with E-state index in [1.54, 1.807) is 19.2 Å². The third-order valence-electron chi connectivity index (χ3n) is 2.35. The molecule has 20 heavy (non-hydrogen) atoms. The molecule has 5 nitrogen and oxygen atoms in total. The molecule has 0 amide bonds. The Labute approximate surface area is 129 Å². The second-order valence-electron chi connectivity index (χ2n) is 3.71. The van der Waals surface area contributed by atoms with E-state index >= 15 is 0 Å². The summed E-state index contributed by atoms with van der Waals surface area (Å²) in [4.78, 5) is 20.2. The number of nitrogens with two attached hydrogens (primary N) is 1. The van der Waals surface area contributed by atoms with Gasteiger partial charge in [-0.15, -0.1) is 0 Å². The van der Waals surface area contributed by atoms with E-state index in [2.05, 4.69) is 25.9 Å². The molecule has 0 spiro atoms. The summed E-state index contributed by atoms with van der Waals surface area (Å²) < 4.78 is 5.84. The highest BCUT2D eigenvalue weighted by Gasteiger charge is 2.15. The molecular weight excluding hydrogens is 342 g/mol. The van der Waals surface area contributed by atoms with Crippen molar-refractivity contribution >= 4 is 39.3 Å². The molecule has 0 radical (unpaired) electrons. The van der Waals surface area contributed by atoms with Crippen LogP contribution in [0.3, 0.4) is 0 Å². The zero-order valence-electron chi connectivity index (χ0n) is 10.7. The fraction of sp³-hybridized carbons (Fsp3) is 0.154. The van der Waals surface area contributed by atoms with E-state index in [4.69, 9.17) is 10.5 Å². The Hall–Kier alpha value is -1.60. The lowest BCUT2D eigenvalue weighted by molar-refractivity contribution is 0.0527. The molecule has 2 rings (SSSR count). The molecule has 0 unspecified atom stereocenters. The molecule has 0 saturated heterocycles. The van der Waals surface area contributed by atoms with Gasteiger partial charge in [-0.1, -0.05) is 0 Å². The SMILES string of the molecule is CCOC(=O)c1ccnc(Sc2ccc(Br)cn2)c1N. The van der Waals surface area contributed by atoms with Crippen LogP contribution in [0.2, 0.25) is 0 Å². The van der Waals surface area contributed by atoms with Gasteiger partial charge in [0.05, 0.1) is 17.9 Å². The van der Waals surface area contributed by atoms with Gasteiger partial charge in [0.25, 0.3) is 0 Å². The number of nitrogens with zero attached hydrogens (tertiary/aromatic N) is 2. The number of ether oxygens (including phenoxy) is 1. The van der Waals surface area contributed by atoms with Crippen molar-refractivity contribution in [1.29, 1.82) is 0 Å². The number of halogens is 1. The molecule has 2 aromatic heterocycles. The molecule has 2 N–H and O–H groups in total. The van der Waals surface area contributed by atoms with Crippen molar-refractivity contribution in [2.24, 2.45) is 0 Å². The maximum atomic E-state index is 11.8. The standard InChI is InChI=1S/C13H12BrN3O2S/c1-2-19-13(18)9-5-6-16-12(11(9)15)20-10-4-3-8(14)7-17-10/h3-7H,2,15H2,1H3. The van der Waals surface area contributed by atoms with Crippen LogP contribution in [0.1, 0.15) is 17.3 Å². The quantitative estimate of drug-likeness (QED) is 0.850. The van der Waals surface area contributed by atoms with Gasteiger partial charge in [-0.2, -0.15) is 0 Å². The number of esters is 1. The minimum absolute atomic E-state index is 0.303. The van der Waals surface area contributed by atoms with Crippen molar-refractivity contribution in [3.05, 3.63) is 40.6 Å². The smallest absolute Gasteiger partial charge is 0.340 e. The highest BCUT2D eigenvalue weighted by Crippen LogP contribution is 2.31. The van der Waals surface area contributed by atoms with Gasteiger partial charge in [0.1, 0.15) is 10.1 Å². The van der Waals surface area contributed by atoms with Crippen LogP contribution in [0, 0.1) is 0 Å². The molecule has 0 aromatic carbocycles. The molecule has 104 valence electrons. The van der Waals surface area contributed by atoms with Crippen LogP contribution in [0.15, 0.2) is 45.1 Å². The lowest BCUT2D eigenvalue weighted by Crippen LogP contribution is -2.09. The van der Waals surface area contributed by atoms with Crippen molar-refractivity contribution in [3.8, 4) is 0 Å². The van der Waals surface area contributed by atoms with Gasteiger partial charge in [-0.05, 0) is 52.8 Å². The maximum Gasteiger partial charge on any atom is 0.340 e. The van der Waals surface area contributed by atoms with Crippen molar-refractivity contribution in [1.82, 2.24) is 9.97 Å². The summed E-state index contributed by atoms with van der Waals surface area (Å²) in [5.41, 5.74) is 6.60. The zero-order valence-corrected chi connectivity index (χ0v) is 13.1. The Morgan fingerprint density at radius 1 is 1.40 bits per heavy atom. The first-order chi connectivity index (χ1) is 9.61. The highest BCUT2D eigenvalue weighted by atomic mass is 79.9. The van der Waals surface area contributed by atoms with Crippen LogP contribution >= 0.6 is 27.7 Å². The minimum Gasteiger partial charge on any atom is -0.462 e. The Balaban J connectivity index is 2.26. The monoisotopic (exact) mass is 353 g/mol. The van der Waals surface area contributed by atoms with E-state index in [0.717, 1.165) is 9.50 Å². The fourth-order valence-electron chi connectivity index (χ4n) is 1.44. The summed E-state index contributed by atoms with van der Waals surface area (Å²) in [6.45, 7) is 2.05. The molecular formula is C13H12BrN3O2S. The molecule has 2 heterocycles. The van der Waals surface area contributed by atoms with Gasteiger partial charge >= 0.3 is 5.97 Å². The van der Waals surface area contributed by atoms with Crippen LogP contribution < -0.4 is 5.73 Å². The molecule has 2 aromatic rings. The topological polar surface area (TPSA) is 78.1 Å². The number of hydrogen-bond acceptors (Lipinski definition) is 6. The molecule has 7 heteroatoms. The first-order valence-corrected chi connectivity index (χ1v) is 7.43. The van der Waals surface area contributed by atoms with Crippen LogP contribution in [0.5, 0.6) is 0 Å². The lowest BCUT2D eigenvalue weighted by Gasteiger charge is -2.08. The molecule has 0 aliphatic rings. The summed E-state index contributed by atoms with van der Waals surface area (Å²) >= 11 is 4.62. The van der Waals surface area contributed by atoms with E-state index in [1.807, 2.05) is 12.1 Å².